The Kier molecular flexibility index (Phi) is 10.6. The number of carbonyl (C=O) groups is 2. The molecule has 47 heavy (non-hydrogen) atoms. The van der Waals surface area contributed by atoms with E-state index >= 15 is 4.39 Å². The van der Waals surface area contributed by atoms with Crippen molar-refractivity contribution in [3.63, 3.8) is 0 Å². The van der Waals surface area contributed by atoms with Gasteiger partial charge in [-0.25, -0.2) is 13.8 Å². The molecule has 0 spiro atoms. The molecule has 0 aliphatic carbocycles. The topological polar surface area (TPSA) is 89.3 Å². The van der Waals surface area contributed by atoms with E-state index in [9.17, 15) is 14.0 Å². The lowest BCUT2D eigenvalue weighted by molar-refractivity contribution is -0.172. The summed E-state index contributed by atoms with van der Waals surface area (Å²) >= 11 is 6.04. The molecule has 1 aromatic carbocycles. The van der Waals surface area contributed by atoms with Gasteiger partial charge in [-0.05, 0) is 86.9 Å². The summed E-state index contributed by atoms with van der Waals surface area (Å²) in [6, 6.07) is 8.00. The van der Waals surface area contributed by atoms with E-state index in [1.165, 1.54) is 12.1 Å². The molecule has 4 rings (SSSR count). The molecule has 2 aromatic heterocycles. The number of ether oxygens (including phenoxy) is 1. The Bertz CT molecular complexity index is 1640. The molecule has 3 aromatic rings. The number of aryl methyl sites for hydroxylation is 1. The van der Waals surface area contributed by atoms with Crippen LogP contribution in [0.2, 0.25) is 5.02 Å². The summed E-state index contributed by atoms with van der Waals surface area (Å²) in [6.07, 6.45) is 0.544. The van der Waals surface area contributed by atoms with E-state index in [4.69, 9.17) is 16.3 Å². The minimum Gasteiger partial charge on any atom is -0.460 e. The van der Waals surface area contributed by atoms with Gasteiger partial charge >= 0.3 is 5.97 Å². The maximum atomic E-state index is 16.3. The molecule has 1 N–H and O–H groups in total. The lowest BCUT2D eigenvalue weighted by Gasteiger charge is -2.45. The Labute approximate surface area is 282 Å². The highest BCUT2D eigenvalue weighted by atomic mass is 35.5. The third-order valence-electron chi connectivity index (χ3n) is 8.52. The van der Waals surface area contributed by atoms with Gasteiger partial charge < -0.3 is 10.1 Å². The van der Waals surface area contributed by atoms with E-state index < -0.39 is 34.5 Å². The SMILES string of the molecule is Cc1cc(Nc2cc(C(=O)C(C)C)c(F)c(CC3(C(=O)OC(C)(C)C)CCN(Cc4cccc(Cl)c4F)[C@H](C)C3)n2)nn1C(C)(C)C. The lowest BCUT2D eigenvalue weighted by Crippen LogP contribution is -2.51. The number of esters is 1. The molecular formula is C36H48ClF2N5O3. The third-order valence-corrected chi connectivity index (χ3v) is 8.82. The van der Waals surface area contributed by atoms with Crippen LogP contribution in [-0.2, 0) is 28.0 Å². The average Bonchev–Trinajstić information content (AvgIpc) is 3.33. The van der Waals surface area contributed by atoms with Crippen molar-refractivity contribution in [2.24, 2.45) is 11.3 Å². The number of carbonyl (C=O) groups excluding carboxylic acids is 2. The number of piperidine rings is 1. The van der Waals surface area contributed by atoms with Crippen LogP contribution in [0.15, 0.2) is 30.3 Å². The van der Waals surface area contributed by atoms with Gasteiger partial charge in [-0.3, -0.25) is 19.2 Å². The van der Waals surface area contributed by atoms with Crippen molar-refractivity contribution in [2.75, 3.05) is 11.9 Å². The standard InChI is InChI=1S/C36H48ClF2N5O3/c1-21(2)32(45)25-17-28(41-29-16-22(3)44(42-29)34(5,6)7)40-27(31(25)39)19-36(33(46)47-35(8,9)10)14-15-43(23(4)18-36)20-24-12-11-13-26(37)30(24)38/h11-13,16-17,21,23H,14-15,18-20H2,1-10H3,(H,40,41,42)/t23-,36?/m1/s1. The first-order chi connectivity index (χ1) is 21.7. The summed E-state index contributed by atoms with van der Waals surface area (Å²) in [5, 5.41) is 7.90. The highest BCUT2D eigenvalue weighted by molar-refractivity contribution is 6.30. The van der Waals surface area contributed by atoms with Crippen LogP contribution in [0.3, 0.4) is 0 Å². The Balaban J connectivity index is 1.74. The number of nitrogens with one attached hydrogen (secondary N) is 1. The maximum absolute atomic E-state index is 16.3. The highest BCUT2D eigenvalue weighted by Crippen LogP contribution is 2.42. The predicted molar refractivity (Wildman–Crippen MR) is 181 cm³/mol. The molecule has 0 bridgehead atoms. The number of rotatable bonds is 9. The average molecular weight is 672 g/mol. The number of hydrogen-bond donors (Lipinski definition) is 1. The minimum atomic E-state index is -1.15. The first-order valence-corrected chi connectivity index (χ1v) is 16.6. The van der Waals surface area contributed by atoms with E-state index in [1.54, 1.807) is 46.8 Å². The van der Waals surface area contributed by atoms with Crippen LogP contribution in [-0.4, -0.2) is 49.6 Å². The molecule has 1 aliphatic heterocycles. The fourth-order valence-electron chi connectivity index (χ4n) is 6.22. The second-order valence-electron chi connectivity index (χ2n) is 15.2. The molecular weight excluding hydrogens is 624 g/mol. The van der Waals surface area contributed by atoms with Crippen LogP contribution in [0.1, 0.15) is 102 Å². The number of benzene rings is 1. The van der Waals surface area contributed by atoms with Gasteiger partial charge in [-0.1, -0.05) is 37.6 Å². The van der Waals surface area contributed by atoms with Gasteiger partial charge in [0.15, 0.2) is 17.4 Å². The number of Topliss-reactive ketones (excluding diaryl/α,β-unsaturated/α-hetero) is 1. The molecule has 1 aliphatic rings. The quantitative estimate of drug-likeness (QED) is 0.180. The number of hydrogen-bond acceptors (Lipinski definition) is 7. The van der Waals surface area contributed by atoms with Gasteiger partial charge in [0.2, 0.25) is 0 Å². The van der Waals surface area contributed by atoms with E-state index in [-0.39, 0.29) is 45.9 Å². The molecule has 1 saturated heterocycles. The van der Waals surface area contributed by atoms with E-state index in [1.807, 2.05) is 45.4 Å². The molecule has 0 radical (unpaired) electrons. The molecule has 0 amide bonds. The second kappa shape index (κ2) is 13.6. The van der Waals surface area contributed by atoms with E-state index in [0.29, 0.717) is 37.3 Å². The predicted octanol–water partition coefficient (Wildman–Crippen LogP) is 8.41. The first-order valence-electron chi connectivity index (χ1n) is 16.2. The monoisotopic (exact) mass is 671 g/mol. The van der Waals surface area contributed by atoms with Crippen molar-refractivity contribution in [2.45, 2.75) is 112 Å². The first kappa shape index (κ1) is 36.5. The zero-order valence-corrected chi connectivity index (χ0v) is 30.0. The van der Waals surface area contributed by atoms with Crippen LogP contribution in [0.5, 0.6) is 0 Å². The maximum Gasteiger partial charge on any atom is 0.313 e. The Hall–Kier alpha value is -3.37. The Morgan fingerprint density at radius 1 is 1.11 bits per heavy atom. The fourth-order valence-corrected chi connectivity index (χ4v) is 6.42. The zero-order chi connectivity index (χ0) is 35.1. The van der Waals surface area contributed by atoms with Crippen molar-refractivity contribution < 1.29 is 23.1 Å². The number of ketones is 1. The summed E-state index contributed by atoms with van der Waals surface area (Å²) in [7, 11) is 0. The molecule has 11 heteroatoms. The van der Waals surface area contributed by atoms with Crippen LogP contribution < -0.4 is 5.32 Å². The van der Waals surface area contributed by atoms with Gasteiger partial charge in [-0.2, -0.15) is 5.10 Å². The Morgan fingerprint density at radius 2 is 1.79 bits per heavy atom. The van der Waals surface area contributed by atoms with Crippen molar-refractivity contribution in [3.05, 3.63) is 69.5 Å². The number of halogens is 3. The molecule has 256 valence electrons. The highest BCUT2D eigenvalue weighted by Gasteiger charge is 2.47. The van der Waals surface area contributed by atoms with Crippen molar-refractivity contribution in [3.8, 4) is 0 Å². The summed E-state index contributed by atoms with van der Waals surface area (Å²) in [6.45, 7) is 19.6. The zero-order valence-electron chi connectivity index (χ0n) is 29.2. The van der Waals surface area contributed by atoms with Crippen LogP contribution >= 0.6 is 11.6 Å². The number of anilines is 2. The second-order valence-corrected chi connectivity index (χ2v) is 15.6. The number of nitrogens with zero attached hydrogens (tertiary/aromatic N) is 4. The van der Waals surface area contributed by atoms with Gasteiger partial charge in [0.1, 0.15) is 17.2 Å². The molecule has 3 heterocycles. The largest absolute Gasteiger partial charge is 0.460 e. The van der Waals surface area contributed by atoms with E-state index in [2.05, 4.69) is 20.3 Å². The summed E-state index contributed by atoms with van der Waals surface area (Å²) in [5.74, 6) is -1.75. The summed E-state index contributed by atoms with van der Waals surface area (Å²) in [5.41, 5.74) is -0.922. The summed E-state index contributed by atoms with van der Waals surface area (Å²) < 4.78 is 39.0. The normalized spacial score (nSPS) is 19.2. The number of pyridine rings is 1. The number of aromatic nitrogens is 3. The van der Waals surface area contributed by atoms with Crippen molar-refractivity contribution in [1.29, 1.82) is 0 Å². The fraction of sp³-hybridized carbons (Fsp3) is 0.556. The Morgan fingerprint density at radius 3 is 2.36 bits per heavy atom. The molecule has 8 nitrogen and oxygen atoms in total. The van der Waals surface area contributed by atoms with Gasteiger partial charge in [0.25, 0.3) is 0 Å². The van der Waals surface area contributed by atoms with Crippen LogP contribution in [0, 0.1) is 29.9 Å². The van der Waals surface area contributed by atoms with Gasteiger partial charge in [0.05, 0.1) is 27.2 Å². The molecule has 1 fully saturated rings. The summed E-state index contributed by atoms with van der Waals surface area (Å²) in [4.78, 5) is 34.0. The van der Waals surface area contributed by atoms with Gasteiger partial charge in [0, 0.05) is 42.2 Å². The van der Waals surface area contributed by atoms with Crippen molar-refractivity contribution >= 4 is 35.0 Å². The molecule has 2 atom stereocenters. The number of likely N-dealkylation sites (tertiary alicyclic amines) is 1. The molecule has 0 saturated carbocycles. The smallest absolute Gasteiger partial charge is 0.313 e. The van der Waals surface area contributed by atoms with Crippen LogP contribution in [0.4, 0.5) is 20.4 Å². The van der Waals surface area contributed by atoms with Gasteiger partial charge in [-0.15, -0.1) is 0 Å². The minimum absolute atomic E-state index is 0.00151. The van der Waals surface area contributed by atoms with Crippen molar-refractivity contribution in [1.82, 2.24) is 19.7 Å². The lowest BCUT2D eigenvalue weighted by atomic mass is 9.71. The van der Waals surface area contributed by atoms with E-state index in [0.717, 1.165) is 5.69 Å². The van der Waals surface area contributed by atoms with Crippen LogP contribution in [0.25, 0.3) is 0 Å². The third kappa shape index (κ3) is 8.38. The molecule has 1 unspecified atom stereocenters.